The Kier molecular flexibility index (Phi) is 3.55. The lowest BCUT2D eigenvalue weighted by molar-refractivity contribution is 0.0762. The Bertz CT molecular complexity index is 681. The van der Waals surface area contributed by atoms with Crippen LogP contribution in [0.3, 0.4) is 0 Å². The number of aromatic hydroxyl groups is 1. The Balaban J connectivity index is 1.87. The van der Waals surface area contributed by atoms with Crippen molar-refractivity contribution in [2.24, 2.45) is 5.92 Å². The van der Waals surface area contributed by atoms with Crippen LogP contribution >= 0.6 is 0 Å². The summed E-state index contributed by atoms with van der Waals surface area (Å²) < 4.78 is 0. The smallest absolute Gasteiger partial charge is 0.253 e. The summed E-state index contributed by atoms with van der Waals surface area (Å²) in [6.07, 6.45) is 0.450. The van der Waals surface area contributed by atoms with Crippen molar-refractivity contribution in [3.63, 3.8) is 0 Å². The second-order valence-corrected chi connectivity index (χ2v) is 5.75. The molecule has 2 N–H and O–H groups in total. The Labute approximate surface area is 123 Å². The molecule has 1 saturated heterocycles. The van der Waals surface area contributed by atoms with Crippen LogP contribution in [-0.2, 0) is 0 Å². The van der Waals surface area contributed by atoms with Crippen LogP contribution in [0.4, 0.5) is 0 Å². The third-order valence-electron chi connectivity index (χ3n) is 4.30. The van der Waals surface area contributed by atoms with E-state index in [4.69, 9.17) is 0 Å². The van der Waals surface area contributed by atoms with E-state index in [0.29, 0.717) is 24.0 Å². The molecular weight excluding hydrogens is 266 g/mol. The molecule has 4 heteroatoms. The molecule has 0 radical (unpaired) electrons. The zero-order chi connectivity index (χ0) is 15.0. The fourth-order valence-corrected chi connectivity index (χ4v) is 2.94. The van der Waals surface area contributed by atoms with E-state index in [1.165, 1.54) is 0 Å². The molecule has 1 aliphatic heterocycles. The third kappa shape index (κ3) is 2.59. The van der Waals surface area contributed by atoms with Gasteiger partial charge in [0.25, 0.3) is 5.91 Å². The minimum atomic E-state index is -0.386. The van der Waals surface area contributed by atoms with E-state index in [9.17, 15) is 15.0 Å². The number of likely N-dealkylation sites (tertiary alicyclic amines) is 1. The van der Waals surface area contributed by atoms with Gasteiger partial charge in [0, 0.05) is 30.0 Å². The van der Waals surface area contributed by atoms with Gasteiger partial charge < -0.3 is 15.1 Å². The summed E-state index contributed by atoms with van der Waals surface area (Å²) in [6, 6.07) is 10.7. The summed E-state index contributed by atoms with van der Waals surface area (Å²) in [6.45, 7) is 3.04. The first-order valence-corrected chi connectivity index (χ1v) is 7.25. The summed E-state index contributed by atoms with van der Waals surface area (Å²) in [7, 11) is 0. The van der Waals surface area contributed by atoms with E-state index < -0.39 is 0 Å². The SMILES string of the molecule is CC(O)C1CCN(C(=O)c2ccc3cccc(O)c3c2)C1. The molecule has 0 aromatic heterocycles. The Morgan fingerprint density at radius 1 is 1.33 bits per heavy atom. The number of benzene rings is 2. The number of nitrogens with zero attached hydrogens (tertiary/aromatic N) is 1. The summed E-state index contributed by atoms with van der Waals surface area (Å²) in [5.41, 5.74) is 0.579. The minimum Gasteiger partial charge on any atom is -0.507 e. The van der Waals surface area contributed by atoms with Crippen LogP contribution in [0.2, 0.25) is 0 Å². The number of carbonyl (C=O) groups is 1. The lowest BCUT2D eigenvalue weighted by Crippen LogP contribution is -2.30. The van der Waals surface area contributed by atoms with Crippen LogP contribution in [0, 0.1) is 5.92 Å². The molecule has 21 heavy (non-hydrogen) atoms. The summed E-state index contributed by atoms with van der Waals surface area (Å²) in [4.78, 5) is 14.3. The van der Waals surface area contributed by atoms with Gasteiger partial charge in [-0.3, -0.25) is 4.79 Å². The Morgan fingerprint density at radius 2 is 2.14 bits per heavy atom. The van der Waals surface area contributed by atoms with E-state index in [0.717, 1.165) is 11.8 Å². The fourth-order valence-electron chi connectivity index (χ4n) is 2.94. The number of phenolic OH excluding ortho intramolecular Hbond substituents is 1. The van der Waals surface area contributed by atoms with Gasteiger partial charge in [0.15, 0.2) is 0 Å². The molecule has 1 aliphatic rings. The first-order chi connectivity index (χ1) is 10.1. The van der Waals surface area contributed by atoms with Gasteiger partial charge in [-0.05, 0) is 36.9 Å². The highest BCUT2D eigenvalue weighted by Gasteiger charge is 2.29. The molecule has 0 saturated carbocycles. The van der Waals surface area contributed by atoms with Gasteiger partial charge in [-0.1, -0.05) is 18.2 Å². The standard InChI is InChI=1S/C17H19NO3/c1-11(19)14-7-8-18(10-14)17(21)13-6-5-12-3-2-4-16(20)15(12)9-13/h2-6,9,11,14,19-20H,7-8,10H2,1H3. The van der Waals surface area contributed by atoms with Crippen LogP contribution < -0.4 is 0 Å². The van der Waals surface area contributed by atoms with Gasteiger partial charge in [-0.25, -0.2) is 0 Å². The highest BCUT2D eigenvalue weighted by atomic mass is 16.3. The quantitative estimate of drug-likeness (QED) is 0.890. The van der Waals surface area contributed by atoms with Gasteiger partial charge in [0.1, 0.15) is 5.75 Å². The minimum absolute atomic E-state index is 0.0386. The number of amides is 1. The van der Waals surface area contributed by atoms with E-state index in [-0.39, 0.29) is 23.7 Å². The number of rotatable bonds is 2. The maximum absolute atomic E-state index is 12.5. The van der Waals surface area contributed by atoms with Crippen molar-refractivity contribution in [1.82, 2.24) is 4.90 Å². The zero-order valence-electron chi connectivity index (χ0n) is 12.0. The van der Waals surface area contributed by atoms with Gasteiger partial charge in [-0.15, -0.1) is 0 Å². The monoisotopic (exact) mass is 285 g/mol. The average molecular weight is 285 g/mol. The molecular formula is C17H19NO3. The van der Waals surface area contributed by atoms with E-state index >= 15 is 0 Å². The lowest BCUT2D eigenvalue weighted by atomic mass is 10.0. The van der Waals surface area contributed by atoms with E-state index in [1.807, 2.05) is 12.1 Å². The molecule has 1 fully saturated rings. The Hall–Kier alpha value is -2.07. The number of fused-ring (bicyclic) bond motifs is 1. The number of carbonyl (C=O) groups excluding carboxylic acids is 1. The van der Waals surface area contributed by atoms with Crippen LogP contribution in [0.15, 0.2) is 36.4 Å². The molecule has 0 aliphatic carbocycles. The first-order valence-electron chi connectivity index (χ1n) is 7.25. The third-order valence-corrected chi connectivity index (χ3v) is 4.30. The maximum Gasteiger partial charge on any atom is 0.253 e. The van der Waals surface area contributed by atoms with Gasteiger partial charge in [0.2, 0.25) is 0 Å². The molecule has 2 aromatic rings. The summed E-state index contributed by atoms with van der Waals surface area (Å²) in [5.74, 6) is 0.302. The van der Waals surface area contributed by atoms with E-state index in [1.54, 1.807) is 36.1 Å². The molecule has 110 valence electrons. The maximum atomic E-state index is 12.5. The highest BCUT2D eigenvalue weighted by molar-refractivity contribution is 6.00. The number of phenols is 1. The van der Waals surface area contributed by atoms with Gasteiger partial charge >= 0.3 is 0 Å². The van der Waals surface area contributed by atoms with Gasteiger partial charge in [-0.2, -0.15) is 0 Å². The predicted molar refractivity (Wildman–Crippen MR) is 81.3 cm³/mol. The molecule has 4 nitrogen and oxygen atoms in total. The largest absolute Gasteiger partial charge is 0.507 e. The van der Waals surface area contributed by atoms with Crippen molar-refractivity contribution in [2.75, 3.05) is 13.1 Å². The number of aliphatic hydroxyl groups excluding tert-OH is 1. The first kappa shape index (κ1) is 13.9. The zero-order valence-corrected chi connectivity index (χ0v) is 12.0. The number of hydrogen-bond donors (Lipinski definition) is 2. The number of hydrogen-bond acceptors (Lipinski definition) is 3. The van der Waals surface area contributed by atoms with Crippen molar-refractivity contribution >= 4 is 16.7 Å². The summed E-state index contributed by atoms with van der Waals surface area (Å²) >= 11 is 0. The molecule has 1 amide bonds. The molecule has 0 bridgehead atoms. The molecule has 2 unspecified atom stereocenters. The molecule has 2 aromatic carbocycles. The molecule has 0 spiro atoms. The second-order valence-electron chi connectivity index (χ2n) is 5.75. The molecule has 1 heterocycles. The average Bonchev–Trinajstić information content (AvgIpc) is 2.97. The Morgan fingerprint density at radius 3 is 2.86 bits per heavy atom. The molecule has 2 atom stereocenters. The summed E-state index contributed by atoms with van der Waals surface area (Å²) in [5, 5.41) is 21.1. The topological polar surface area (TPSA) is 60.8 Å². The number of aliphatic hydroxyl groups is 1. The van der Waals surface area contributed by atoms with Crippen molar-refractivity contribution in [3.05, 3.63) is 42.0 Å². The van der Waals surface area contributed by atoms with Crippen LogP contribution in [0.1, 0.15) is 23.7 Å². The van der Waals surface area contributed by atoms with Crippen LogP contribution in [-0.4, -0.2) is 40.2 Å². The van der Waals surface area contributed by atoms with Crippen molar-refractivity contribution in [1.29, 1.82) is 0 Å². The fraction of sp³-hybridized carbons (Fsp3) is 0.353. The molecule has 3 rings (SSSR count). The van der Waals surface area contributed by atoms with Gasteiger partial charge in [0.05, 0.1) is 6.10 Å². The second kappa shape index (κ2) is 5.37. The van der Waals surface area contributed by atoms with E-state index in [2.05, 4.69) is 0 Å². The van der Waals surface area contributed by atoms with Crippen molar-refractivity contribution in [2.45, 2.75) is 19.4 Å². The van der Waals surface area contributed by atoms with Crippen molar-refractivity contribution in [3.8, 4) is 5.75 Å². The van der Waals surface area contributed by atoms with Crippen molar-refractivity contribution < 1.29 is 15.0 Å². The van der Waals surface area contributed by atoms with Crippen LogP contribution in [0.25, 0.3) is 10.8 Å². The normalized spacial score (nSPS) is 19.9. The van der Waals surface area contributed by atoms with Crippen LogP contribution in [0.5, 0.6) is 5.75 Å². The highest BCUT2D eigenvalue weighted by Crippen LogP contribution is 2.27. The lowest BCUT2D eigenvalue weighted by Gasteiger charge is -2.18. The predicted octanol–water partition coefficient (Wildman–Crippen LogP) is 2.39.